The molecule has 0 aliphatic carbocycles. The molecule has 1 fully saturated rings. The van der Waals surface area contributed by atoms with E-state index in [9.17, 15) is 30.0 Å². The Morgan fingerprint density at radius 2 is 1.63 bits per heavy atom. The van der Waals surface area contributed by atoms with Crippen LogP contribution in [0.1, 0.15) is 33.2 Å². The van der Waals surface area contributed by atoms with Crippen LogP contribution in [0.15, 0.2) is 78.9 Å². The van der Waals surface area contributed by atoms with Gasteiger partial charge in [0.2, 0.25) is 6.29 Å². The van der Waals surface area contributed by atoms with Crippen LogP contribution in [0.3, 0.4) is 0 Å². The van der Waals surface area contributed by atoms with E-state index in [1.807, 2.05) is 0 Å². The minimum atomic E-state index is -1.09. The van der Waals surface area contributed by atoms with Crippen LogP contribution >= 0.6 is 0 Å². The zero-order valence-electron chi connectivity index (χ0n) is 20.5. The number of hydrogen-bond donors (Lipinski definition) is 4. The normalized spacial score (nSPS) is 23.2. The monoisotopic (exact) mass is 520 g/mol. The van der Waals surface area contributed by atoms with Crippen molar-refractivity contribution in [3.63, 3.8) is 0 Å². The maximum absolute atomic E-state index is 12.6. The molecular weight excluding hydrogens is 492 g/mol. The van der Waals surface area contributed by atoms with Gasteiger partial charge < -0.3 is 34.6 Å². The number of carbonyl (C=O) groups is 2. The number of aromatic hydroxyl groups is 1. The number of ketones is 1. The van der Waals surface area contributed by atoms with Crippen molar-refractivity contribution in [3.05, 3.63) is 95.6 Å². The molecule has 3 aromatic carbocycles. The highest BCUT2D eigenvalue weighted by molar-refractivity contribution is 6.08. The van der Waals surface area contributed by atoms with Gasteiger partial charge in [-0.25, -0.2) is 4.79 Å². The fourth-order valence-corrected chi connectivity index (χ4v) is 3.95. The van der Waals surface area contributed by atoms with Gasteiger partial charge >= 0.3 is 5.97 Å². The summed E-state index contributed by atoms with van der Waals surface area (Å²) in [5.41, 5.74) is 1.07. The molecule has 0 bridgehead atoms. The zero-order valence-corrected chi connectivity index (χ0v) is 20.5. The Morgan fingerprint density at radius 3 is 2.29 bits per heavy atom. The Labute approximate surface area is 219 Å². The molecule has 0 spiro atoms. The van der Waals surface area contributed by atoms with Crippen LogP contribution in [0.5, 0.6) is 17.2 Å². The molecule has 3 aromatic rings. The fourth-order valence-electron chi connectivity index (χ4n) is 3.95. The van der Waals surface area contributed by atoms with Crippen LogP contribution in [0, 0.1) is 5.92 Å². The molecule has 4 rings (SSSR count). The molecule has 9 nitrogen and oxygen atoms in total. The third-order valence-corrected chi connectivity index (χ3v) is 6.24. The summed E-state index contributed by atoms with van der Waals surface area (Å²) >= 11 is 0. The second-order valence-corrected chi connectivity index (χ2v) is 8.88. The summed E-state index contributed by atoms with van der Waals surface area (Å²) < 4.78 is 16.4. The molecule has 4 N–H and O–H groups in total. The van der Waals surface area contributed by atoms with E-state index in [1.165, 1.54) is 24.3 Å². The lowest BCUT2D eigenvalue weighted by atomic mass is 9.91. The summed E-state index contributed by atoms with van der Waals surface area (Å²) in [6.07, 6.45) is -1.19. The molecule has 0 saturated carbocycles. The summed E-state index contributed by atoms with van der Waals surface area (Å²) in [7, 11) is 0. The Bertz CT molecular complexity index is 1290. The molecule has 1 saturated heterocycles. The number of phenols is 1. The predicted molar refractivity (Wildman–Crippen MR) is 137 cm³/mol. The van der Waals surface area contributed by atoms with Gasteiger partial charge in [-0.05, 0) is 48.0 Å². The van der Waals surface area contributed by atoms with Crippen molar-refractivity contribution in [1.29, 1.82) is 0 Å². The Morgan fingerprint density at radius 1 is 0.947 bits per heavy atom. The van der Waals surface area contributed by atoms with Gasteiger partial charge in [0.15, 0.2) is 5.78 Å². The molecule has 0 aromatic heterocycles. The van der Waals surface area contributed by atoms with Gasteiger partial charge in [-0.1, -0.05) is 43.3 Å². The van der Waals surface area contributed by atoms with E-state index in [-0.39, 0.29) is 17.1 Å². The fraction of sp³-hybridized carbons (Fsp3) is 0.241. The van der Waals surface area contributed by atoms with Crippen LogP contribution in [0.4, 0.5) is 0 Å². The van der Waals surface area contributed by atoms with Gasteiger partial charge in [0, 0.05) is 12.0 Å². The first-order valence-corrected chi connectivity index (χ1v) is 12.0. The number of aliphatic hydroxyl groups is 3. The van der Waals surface area contributed by atoms with Crippen LogP contribution in [0.25, 0.3) is 6.08 Å². The van der Waals surface area contributed by atoms with Crippen LogP contribution in [-0.4, -0.2) is 63.4 Å². The van der Waals surface area contributed by atoms with Crippen LogP contribution in [0.2, 0.25) is 0 Å². The molecule has 1 aliphatic heterocycles. The van der Waals surface area contributed by atoms with Crippen LogP contribution < -0.4 is 9.47 Å². The Kier molecular flexibility index (Phi) is 8.55. The number of allylic oxidation sites excluding steroid dienone is 1. The van der Waals surface area contributed by atoms with Crippen molar-refractivity contribution in [3.8, 4) is 17.2 Å². The highest BCUT2D eigenvalue weighted by atomic mass is 16.7. The number of carbonyl (C=O) groups excluding carboxylic acids is 2. The van der Waals surface area contributed by atoms with E-state index < -0.39 is 48.9 Å². The van der Waals surface area contributed by atoms with E-state index in [0.29, 0.717) is 16.9 Å². The first kappa shape index (κ1) is 27.0. The van der Waals surface area contributed by atoms with Gasteiger partial charge in [0.05, 0.1) is 23.8 Å². The Hall–Kier alpha value is -4.02. The summed E-state index contributed by atoms with van der Waals surface area (Å²) in [6, 6.07) is 19.0. The highest BCUT2D eigenvalue weighted by Gasteiger charge is 2.43. The van der Waals surface area contributed by atoms with Gasteiger partial charge in [-0.15, -0.1) is 0 Å². The number of phenolic OH excluding ortho intramolecular Hbond substituents is 1. The van der Waals surface area contributed by atoms with Gasteiger partial charge in [0.25, 0.3) is 0 Å². The maximum atomic E-state index is 12.6. The number of aliphatic hydroxyl groups excluding tert-OH is 3. The van der Waals surface area contributed by atoms with Gasteiger partial charge in [0.1, 0.15) is 29.5 Å². The number of esters is 1. The third-order valence-electron chi connectivity index (χ3n) is 6.24. The first-order chi connectivity index (χ1) is 18.3. The smallest absolute Gasteiger partial charge is 0.343 e. The molecule has 38 heavy (non-hydrogen) atoms. The zero-order chi connectivity index (χ0) is 27.2. The second kappa shape index (κ2) is 12.0. The van der Waals surface area contributed by atoms with E-state index in [4.69, 9.17) is 14.2 Å². The average molecular weight is 521 g/mol. The maximum Gasteiger partial charge on any atom is 0.343 e. The van der Waals surface area contributed by atoms with Crippen molar-refractivity contribution in [2.24, 2.45) is 5.92 Å². The third kappa shape index (κ3) is 6.27. The van der Waals surface area contributed by atoms with E-state index in [1.54, 1.807) is 67.6 Å². The summed E-state index contributed by atoms with van der Waals surface area (Å²) in [5.74, 6) is -1.43. The van der Waals surface area contributed by atoms with Crippen molar-refractivity contribution in [2.45, 2.75) is 31.5 Å². The van der Waals surface area contributed by atoms with Crippen molar-refractivity contribution in [1.82, 2.24) is 0 Å². The summed E-state index contributed by atoms with van der Waals surface area (Å²) in [4.78, 5) is 24.8. The van der Waals surface area contributed by atoms with Crippen LogP contribution in [-0.2, 0) is 4.74 Å². The summed E-state index contributed by atoms with van der Waals surface area (Å²) in [5, 5.41) is 40.1. The summed E-state index contributed by atoms with van der Waals surface area (Å²) in [6.45, 7) is 1.23. The molecule has 0 amide bonds. The van der Waals surface area contributed by atoms with Gasteiger partial charge in [-0.3, -0.25) is 4.79 Å². The number of benzene rings is 3. The van der Waals surface area contributed by atoms with E-state index >= 15 is 0 Å². The molecule has 198 valence electrons. The standard InChI is InChI=1S/C29H28O9/c1-17-26(33)25(16-30)38-29(27(17)34)37-20-10-7-18(8-11-20)9-14-23(31)22-13-12-21(15-24(22)32)36-28(35)19-5-3-2-4-6-19/h2-15,17,25-27,29-30,32-34H,16H2,1H3/b14-9+/t17-,25+,26-,27+,29+/m0/s1. The van der Waals surface area contributed by atoms with Crippen molar-refractivity contribution < 1.29 is 44.2 Å². The van der Waals surface area contributed by atoms with E-state index in [0.717, 1.165) is 0 Å². The SMILES string of the molecule is C[C@@H]1[C@@H](O)[C@H](Oc2ccc(/C=C/C(=O)c3ccc(OC(=O)c4ccccc4)cc3O)cc2)O[C@H](CO)[C@H]1O. The first-order valence-electron chi connectivity index (χ1n) is 12.0. The molecule has 1 heterocycles. The molecule has 0 radical (unpaired) electrons. The largest absolute Gasteiger partial charge is 0.507 e. The molecule has 0 unspecified atom stereocenters. The highest BCUT2D eigenvalue weighted by Crippen LogP contribution is 2.29. The number of hydrogen-bond acceptors (Lipinski definition) is 9. The lowest BCUT2D eigenvalue weighted by Crippen LogP contribution is -2.56. The lowest BCUT2D eigenvalue weighted by Gasteiger charge is -2.40. The lowest BCUT2D eigenvalue weighted by molar-refractivity contribution is -0.260. The van der Waals surface area contributed by atoms with Crippen molar-refractivity contribution in [2.75, 3.05) is 6.61 Å². The predicted octanol–water partition coefficient (Wildman–Crippen LogP) is 2.96. The molecule has 9 heteroatoms. The molecular formula is C29H28O9. The average Bonchev–Trinajstić information content (AvgIpc) is 2.93. The Balaban J connectivity index is 1.36. The van der Waals surface area contributed by atoms with Crippen molar-refractivity contribution >= 4 is 17.8 Å². The number of ether oxygens (including phenoxy) is 3. The molecule has 5 atom stereocenters. The van der Waals surface area contributed by atoms with E-state index in [2.05, 4.69) is 0 Å². The quantitative estimate of drug-likeness (QED) is 0.153. The second-order valence-electron chi connectivity index (χ2n) is 8.88. The topological polar surface area (TPSA) is 143 Å². The minimum absolute atomic E-state index is 0.0406. The molecule has 1 aliphatic rings. The minimum Gasteiger partial charge on any atom is -0.507 e. The number of rotatable bonds is 8. The van der Waals surface area contributed by atoms with Gasteiger partial charge in [-0.2, -0.15) is 0 Å².